The molecule has 7 heteroatoms. The number of benzene rings is 1. The summed E-state index contributed by atoms with van der Waals surface area (Å²) >= 11 is 0. The second-order valence-corrected chi connectivity index (χ2v) is 10.1. The van der Waals surface area contributed by atoms with Crippen molar-refractivity contribution >= 4 is 15.9 Å². The first-order chi connectivity index (χ1) is 14.0. The average molecular weight is 418 g/mol. The van der Waals surface area contributed by atoms with Crippen molar-refractivity contribution in [1.29, 1.82) is 5.26 Å². The highest BCUT2D eigenvalue weighted by Crippen LogP contribution is 2.33. The Bertz CT molecular complexity index is 846. The number of piperazine rings is 1. The summed E-state index contributed by atoms with van der Waals surface area (Å²) in [5, 5.41) is 9.22. The Morgan fingerprint density at radius 2 is 1.76 bits per heavy atom. The summed E-state index contributed by atoms with van der Waals surface area (Å²) in [6.45, 7) is 3.61. The van der Waals surface area contributed by atoms with Gasteiger partial charge in [0.2, 0.25) is 15.9 Å². The van der Waals surface area contributed by atoms with E-state index in [0.717, 1.165) is 31.6 Å². The van der Waals surface area contributed by atoms with Crippen LogP contribution in [0.1, 0.15) is 57.4 Å². The zero-order valence-electron chi connectivity index (χ0n) is 17.2. The number of hydrogen-bond donors (Lipinski definition) is 0. The smallest absolute Gasteiger partial charge is 0.244 e. The van der Waals surface area contributed by atoms with Gasteiger partial charge in [0.15, 0.2) is 0 Å². The normalized spacial score (nSPS) is 23.5. The van der Waals surface area contributed by atoms with Crippen LogP contribution in [0.4, 0.5) is 0 Å². The Hall–Kier alpha value is -1.91. The number of unbranched alkanes of at least 4 members (excludes halogenated alkanes) is 1. The highest BCUT2D eigenvalue weighted by atomic mass is 32.2. The third kappa shape index (κ3) is 4.99. The van der Waals surface area contributed by atoms with E-state index < -0.39 is 10.0 Å². The molecule has 2 aliphatic rings. The van der Waals surface area contributed by atoms with Crippen LogP contribution < -0.4 is 0 Å². The average Bonchev–Trinajstić information content (AvgIpc) is 2.77. The molecule has 1 saturated carbocycles. The molecule has 6 nitrogen and oxygen atoms in total. The van der Waals surface area contributed by atoms with Crippen LogP contribution in [0.25, 0.3) is 0 Å². The minimum Gasteiger partial charge on any atom is -0.340 e. The maximum atomic E-state index is 12.9. The van der Waals surface area contributed by atoms with E-state index >= 15 is 0 Å². The molecular weight excluding hydrogens is 386 g/mol. The molecule has 0 aromatic heterocycles. The second kappa shape index (κ2) is 9.73. The highest BCUT2D eigenvalue weighted by molar-refractivity contribution is 7.89. The van der Waals surface area contributed by atoms with Gasteiger partial charge in [-0.3, -0.25) is 4.79 Å². The summed E-state index contributed by atoms with van der Waals surface area (Å²) in [5.74, 6) is 1.05. The van der Waals surface area contributed by atoms with Crippen LogP contribution in [0.3, 0.4) is 0 Å². The number of amides is 1. The van der Waals surface area contributed by atoms with E-state index in [4.69, 9.17) is 0 Å². The summed E-state index contributed by atoms with van der Waals surface area (Å²) < 4.78 is 27.3. The van der Waals surface area contributed by atoms with Crippen molar-refractivity contribution in [3.63, 3.8) is 0 Å². The zero-order chi connectivity index (χ0) is 20.9. The van der Waals surface area contributed by atoms with Gasteiger partial charge in [-0.15, -0.1) is 0 Å². The molecule has 29 heavy (non-hydrogen) atoms. The van der Waals surface area contributed by atoms with Gasteiger partial charge in [0.25, 0.3) is 0 Å². The molecule has 0 N–H and O–H groups in total. The van der Waals surface area contributed by atoms with E-state index in [1.807, 2.05) is 11.0 Å². The molecule has 1 aliphatic heterocycles. The Labute approximate surface area is 174 Å². The molecule has 0 radical (unpaired) electrons. The van der Waals surface area contributed by atoms with Crippen LogP contribution in [0, 0.1) is 23.2 Å². The summed E-state index contributed by atoms with van der Waals surface area (Å²) in [7, 11) is -3.72. The standard InChI is InChI=1S/C22H31N3O3S/c1-2-3-6-18-9-11-19(12-10-18)22(26)24-13-15-25(16-14-24)29(27,28)21-8-5-4-7-20(21)17-23/h4-5,7-8,18-19H,2-3,6,9-16H2,1H3. The maximum Gasteiger partial charge on any atom is 0.244 e. The van der Waals surface area contributed by atoms with Gasteiger partial charge >= 0.3 is 0 Å². The van der Waals surface area contributed by atoms with Gasteiger partial charge in [-0.25, -0.2) is 8.42 Å². The molecule has 1 aromatic carbocycles. The van der Waals surface area contributed by atoms with E-state index in [-0.39, 0.29) is 35.4 Å². The van der Waals surface area contributed by atoms with Crippen molar-refractivity contribution in [2.75, 3.05) is 26.2 Å². The minimum atomic E-state index is -3.72. The third-order valence-electron chi connectivity index (χ3n) is 6.34. The number of carbonyl (C=O) groups excluding carboxylic acids is 1. The number of carbonyl (C=O) groups is 1. The largest absolute Gasteiger partial charge is 0.340 e. The molecule has 2 fully saturated rings. The second-order valence-electron chi connectivity index (χ2n) is 8.20. The monoisotopic (exact) mass is 417 g/mol. The number of sulfonamides is 1. The van der Waals surface area contributed by atoms with E-state index in [1.54, 1.807) is 12.1 Å². The van der Waals surface area contributed by atoms with Gasteiger partial charge in [-0.2, -0.15) is 9.57 Å². The minimum absolute atomic E-state index is 0.0488. The van der Waals surface area contributed by atoms with Crippen molar-refractivity contribution in [3.8, 4) is 6.07 Å². The van der Waals surface area contributed by atoms with Gasteiger partial charge < -0.3 is 4.90 Å². The van der Waals surface area contributed by atoms with Gasteiger partial charge in [0, 0.05) is 32.1 Å². The number of nitriles is 1. The van der Waals surface area contributed by atoms with E-state index in [9.17, 15) is 18.5 Å². The molecule has 0 bridgehead atoms. The summed E-state index contributed by atoms with van der Waals surface area (Å²) in [4.78, 5) is 14.8. The first-order valence-corrected chi connectivity index (χ1v) is 12.2. The molecule has 1 aliphatic carbocycles. The van der Waals surface area contributed by atoms with E-state index in [0.29, 0.717) is 13.1 Å². The predicted octanol–water partition coefficient (Wildman–Crippen LogP) is 3.39. The van der Waals surface area contributed by atoms with E-state index in [1.165, 1.54) is 35.7 Å². The predicted molar refractivity (Wildman–Crippen MR) is 111 cm³/mol. The first-order valence-electron chi connectivity index (χ1n) is 10.8. The lowest BCUT2D eigenvalue weighted by molar-refractivity contribution is -0.138. The van der Waals surface area contributed by atoms with Crippen LogP contribution in [0.15, 0.2) is 29.2 Å². The Morgan fingerprint density at radius 1 is 1.10 bits per heavy atom. The van der Waals surface area contributed by atoms with E-state index in [2.05, 4.69) is 6.92 Å². The van der Waals surface area contributed by atoms with Crippen molar-refractivity contribution < 1.29 is 13.2 Å². The molecule has 0 atom stereocenters. The van der Waals surface area contributed by atoms with Gasteiger partial charge in [0.1, 0.15) is 6.07 Å². The van der Waals surface area contributed by atoms with Gasteiger partial charge in [-0.05, 0) is 43.7 Å². The molecule has 1 amide bonds. The Balaban J connectivity index is 1.55. The van der Waals surface area contributed by atoms with Crippen LogP contribution >= 0.6 is 0 Å². The number of rotatable bonds is 6. The molecule has 0 unspecified atom stereocenters. The lowest BCUT2D eigenvalue weighted by Crippen LogP contribution is -2.52. The lowest BCUT2D eigenvalue weighted by atomic mass is 9.79. The maximum absolute atomic E-state index is 12.9. The molecule has 158 valence electrons. The quantitative estimate of drug-likeness (QED) is 0.710. The summed E-state index contributed by atoms with van der Waals surface area (Å²) in [6.07, 6.45) is 7.96. The van der Waals surface area contributed by atoms with Crippen molar-refractivity contribution in [2.24, 2.45) is 11.8 Å². The molecule has 1 aromatic rings. The van der Waals surface area contributed by atoms with Crippen LogP contribution in [0.5, 0.6) is 0 Å². The van der Waals surface area contributed by atoms with Crippen LogP contribution in [-0.2, 0) is 14.8 Å². The zero-order valence-corrected chi connectivity index (χ0v) is 18.0. The fourth-order valence-corrected chi connectivity index (χ4v) is 6.09. The SMILES string of the molecule is CCCCC1CCC(C(=O)N2CCN(S(=O)(=O)c3ccccc3C#N)CC2)CC1. The summed E-state index contributed by atoms with van der Waals surface area (Å²) in [5.41, 5.74) is 0.158. The van der Waals surface area contributed by atoms with Gasteiger partial charge in [-0.1, -0.05) is 38.3 Å². The Morgan fingerprint density at radius 3 is 2.38 bits per heavy atom. The summed E-state index contributed by atoms with van der Waals surface area (Å²) in [6, 6.07) is 8.24. The molecule has 3 rings (SSSR count). The van der Waals surface area contributed by atoms with Crippen molar-refractivity contribution in [1.82, 2.24) is 9.21 Å². The molecule has 0 spiro atoms. The fourth-order valence-electron chi connectivity index (χ4n) is 4.52. The van der Waals surface area contributed by atoms with Crippen LogP contribution in [-0.4, -0.2) is 49.7 Å². The number of nitrogens with zero attached hydrogens (tertiary/aromatic N) is 3. The van der Waals surface area contributed by atoms with Gasteiger partial charge in [0.05, 0.1) is 10.5 Å². The topological polar surface area (TPSA) is 81.5 Å². The third-order valence-corrected chi connectivity index (χ3v) is 8.29. The molecular formula is C22H31N3O3S. The highest BCUT2D eigenvalue weighted by Gasteiger charge is 2.34. The van der Waals surface area contributed by atoms with Crippen LogP contribution in [0.2, 0.25) is 0 Å². The number of hydrogen-bond acceptors (Lipinski definition) is 4. The molecule has 1 heterocycles. The Kier molecular flexibility index (Phi) is 7.31. The first kappa shape index (κ1) is 21.8. The van der Waals surface area contributed by atoms with Crippen molar-refractivity contribution in [2.45, 2.75) is 56.8 Å². The molecule has 1 saturated heterocycles. The van der Waals surface area contributed by atoms with Crippen molar-refractivity contribution in [3.05, 3.63) is 29.8 Å². The fraction of sp³-hybridized carbons (Fsp3) is 0.636. The lowest BCUT2D eigenvalue weighted by Gasteiger charge is -2.37.